The van der Waals surface area contributed by atoms with E-state index < -0.39 is 0 Å². The molecule has 0 saturated heterocycles. The van der Waals surface area contributed by atoms with E-state index in [1.165, 1.54) is 12.8 Å². The third-order valence-electron chi connectivity index (χ3n) is 1.38. The van der Waals surface area contributed by atoms with Crippen LogP contribution in [0.15, 0.2) is 5.38 Å². The second kappa shape index (κ2) is 2.40. The maximum Gasteiger partial charge on any atom is 0.184 e. The van der Waals surface area contributed by atoms with Gasteiger partial charge in [0.1, 0.15) is 5.15 Å². The van der Waals surface area contributed by atoms with E-state index in [1.807, 2.05) is 5.38 Å². The first-order valence-corrected chi connectivity index (χ1v) is 4.48. The van der Waals surface area contributed by atoms with Crippen LogP contribution in [0.2, 0.25) is 5.15 Å². The van der Waals surface area contributed by atoms with Crippen molar-refractivity contribution in [3.8, 4) is 0 Å². The lowest BCUT2D eigenvalue weighted by Gasteiger charge is -1.94. The predicted octanol–water partition coefficient (Wildman–Crippen LogP) is 2.37. The molecule has 54 valence electrons. The molecule has 10 heavy (non-hydrogen) atoms. The van der Waals surface area contributed by atoms with Gasteiger partial charge in [0, 0.05) is 11.4 Å². The Morgan fingerprint density at radius 2 is 2.50 bits per heavy atom. The van der Waals surface area contributed by atoms with Crippen molar-refractivity contribution in [1.82, 2.24) is 4.98 Å². The number of aromatic nitrogens is 1. The molecule has 1 aliphatic carbocycles. The van der Waals surface area contributed by atoms with Gasteiger partial charge in [-0.1, -0.05) is 11.6 Å². The molecule has 0 radical (unpaired) electrons. The third-order valence-corrected chi connectivity index (χ3v) is 2.48. The van der Waals surface area contributed by atoms with Crippen molar-refractivity contribution in [1.29, 1.82) is 0 Å². The summed E-state index contributed by atoms with van der Waals surface area (Å²) < 4.78 is 0. The molecule has 0 aromatic carbocycles. The summed E-state index contributed by atoms with van der Waals surface area (Å²) in [5, 5.41) is 6.64. The standard InChI is InChI=1S/C6H7ClN2S/c7-5-3-10-6(9-5)8-4-1-2-4/h3-4H,1-2H2,(H,8,9). The van der Waals surface area contributed by atoms with E-state index in [2.05, 4.69) is 10.3 Å². The van der Waals surface area contributed by atoms with Crippen LogP contribution < -0.4 is 5.32 Å². The van der Waals surface area contributed by atoms with Crippen LogP contribution in [0.1, 0.15) is 12.8 Å². The lowest BCUT2D eigenvalue weighted by molar-refractivity contribution is 1.14. The Hall–Kier alpha value is -0.280. The molecule has 1 saturated carbocycles. The lowest BCUT2D eigenvalue weighted by atomic mass is 10.7. The minimum Gasteiger partial charge on any atom is -0.359 e. The van der Waals surface area contributed by atoms with Crippen molar-refractivity contribution in [2.75, 3.05) is 5.32 Å². The summed E-state index contributed by atoms with van der Waals surface area (Å²) >= 11 is 7.19. The van der Waals surface area contributed by atoms with Gasteiger partial charge in [0.05, 0.1) is 0 Å². The normalized spacial score (nSPS) is 17.3. The summed E-state index contributed by atoms with van der Waals surface area (Å²) in [6.45, 7) is 0. The van der Waals surface area contributed by atoms with Crippen LogP contribution in [0, 0.1) is 0 Å². The minimum absolute atomic E-state index is 0.591. The summed E-state index contributed by atoms with van der Waals surface area (Å²) in [6, 6.07) is 0.669. The number of halogens is 1. The zero-order chi connectivity index (χ0) is 6.97. The van der Waals surface area contributed by atoms with E-state index in [1.54, 1.807) is 11.3 Å². The first-order valence-electron chi connectivity index (χ1n) is 3.22. The van der Waals surface area contributed by atoms with Crippen molar-refractivity contribution in [3.63, 3.8) is 0 Å². The number of hydrogen-bond acceptors (Lipinski definition) is 3. The molecule has 0 aliphatic heterocycles. The van der Waals surface area contributed by atoms with Crippen molar-refractivity contribution < 1.29 is 0 Å². The highest BCUT2D eigenvalue weighted by Gasteiger charge is 2.21. The highest BCUT2D eigenvalue weighted by Crippen LogP contribution is 2.27. The number of thiazole rings is 1. The molecule has 0 spiro atoms. The summed E-state index contributed by atoms with van der Waals surface area (Å²) in [5.74, 6) is 0. The Bertz CT molecular complexity index is 231. The van der Waals surface area contributed by atoms with Crippen molar-refractivity contribution in [2.24, 2.45) is 0 Å². The topological polar surface area (TPSA) is 24.9 Å². The molecule has 0 amide bonds. The van der Waals surface area contributed by atoms with Crippen LogP contribution >= 0.6 is 22.9 Å². The third kappa shape index (κ3) is 1.41. The van der Waals surface area contributed by atoms with Gasteiger partial charge in [0.25, 0.3) is 0 Å². The van der Waals surface area contributed by atoms with Crippen LogP contribution in [0.25, 0.3) is 0 Å². The van der Waals surface area contributed by atoms with Gasteiger partial charge >= 0.3 is 0 Å². The first-order chi connectivity index (χ1) is 4.84. The number of nitrogens with zero attached hydrogens (tertiary/aromatic N) is 1. The highest BCUT2D eigenvalue weighted by atomic mass is 35.5. The quantitative estimate of drug-likeness (QED) is 0.745. The molecule has 1 aromatic heterocycles. The molecular formula is C6H7ClN2S. The first kappa shape index (κ1) is 6.43. The van der Waals surface area contributed by atoms with Gasteiger partial charge in [-0.15, -0.1) is 11.3 Å². The molecule has 1 fully saturated rings. The second-order valence-corrected chi connectivity index (χ2v) is 3.64. The SMILES string of the molecule is Clc1csc(NC2CC2)n1. The lowest BCUT2D eigenvalue weighted by Crippen LogP contribution is -1.99. The Kier molecular flexibility index (Phi) is 1.54. The number of hydrogen-bond donors (Lipinski definition) is 1. The minimum atomic E-state index is 0.591. The predicted molar refractivity (Wildman–Crippen MR) is 43.8 cm³/mol. The molecule has 1 N–H and O–H groups in total. The van der Waals surface area contributed by atoms with Crippen molar-refractivity contribution >= 4 is 28.1 Å². The number of nitrogens with one attached hydrogen (secondary N) is 1. The summed E-state index contributed by atoms with van der Waals surface area (Å²) in [4.78, 5) is 4.06. The Morgan fingerprint density at radius 3 is 3.00 bits per heavy atom. The molecule has 2 nitrogen and oxygen atoms in total. The van der Waals surface area contributed by atoms with E-state index in [-0.39, 0.29) is 0 Å². The molecule has 0 unspecified atom stereocenters. The van der Waals surface area contributed by atoms with Crippen LogP contribution in [-0.2, 0) is 0 Å². The average molecular weight is 175 g/mol. The number of anilines is 1. The zero-order valence-electron chi connectivity index (χ0n) is 5.30. The Balaban J connectivity index is 2.03. The van der Waals surface area contributed by atoms with Crippen LogP contribution in [-0.4, -0.2) is 11.0 Å². The maximum atomic E-state index is 5.62. The Morgan fingerprint density at radius 1 is 1.70 bits per heavy atom. The zero-order valence-corrected chi connectivity index (χ0v) is 6.87. The second-order valence-electron chi connectivity index (χ2n) is 2.39. The van der Waals surface area contributed by atoms with Gasteiger partial charge in [-0.3, -0.25) is 0 Å². The molecule has 1 heterocycles. The summed E-state index contributed by atoms with van der Waals surface area (Å²) in [6.07, 6.45) is 2.55. The van der Waals surface area contributed by atoms with Crippen LogP contribution in [0.5, 0.6) is 0 Å². The smallest absolute Gasteiger partial charge is 0.184 e. The van der Waals surface area contributed by atoms with E-state index in [9.17, 15) is 0 Å². The fraction of sp³-hybridized carbons (Fsp3) is 0.500. The van der Waals surface area contributed by atoms with Gasteiger partial charge in [-0.2, -0.15) is 0 Å². The average Bonchev–Trinajstić information content (AvgIpc) is 2.59. The molecule has 2 rings (SSSR count). The van der Waals surface area contributed by atoms with Crippen molar-refractivity contribution in [2.45, 2.75) is 18.9 Å². The summed E-state index contributed by atoms with van der Waals surface area (Å²) in [5.41, 5.74) is 0. The number of rotatable bonds is 2. The van der Waals surface area contributed by atoms with E-state index in [0.29, 0.717) is 11.2 Å². The fourth-order valence-electron chi connectivity index (χ4n) is 0.723. The molecular weight excluding hydrogens is 168 g/mol. The molecule has 0 bridgehead atoms. The molecule has 1 aromatic rings. The molecule has 4 heteroatoms. The summed E-state index contributed by atoms with van der Waals surface area (Å²) in [7, 11) is 0. The van der Waals surface area contributed by atoms with E-state index in [0.717, 1.165) is 5.13 Å². The van der Waals surface area contributed by atoms with Gasteiger partial charge in [-0.25, -0.2) is 4.98 Å². The Labute approximate surface area is 68.2 Å². The van der Waals surface area contributed by atoms with Crippen molar-refractivity contribution in [3.05, 3.63) is 10.5 Å². The monoisotopic (exact) mass is 174 g/mol. The van der Waals surface area contributed by atoms with Gasteiger partial charge in [-0.05, 0) is 12.8 Å². The van der Waals surface area contributed by atoms with E-state index >= 15 is 0 Å². The van der Waals surface area contributed by atoms with Gasteiger partial charge in [0.2, 0.25) is 0 Å². The van der Waals surface area contributed by atoms with E-state index in [4.69, 9.17) is 11.6 Å². The van der Waals surface area contributed by atoms with Crippen LogP contribution in [0.4, 0.5) is 5.13 Å². The fourth-order valence-corrected chi connectivity index (χ4v) is 1.64. The highest BCUT2D eigenvalue weighted by molar-refractivity contribution is 7.14. The largest absolute Gasteiger partial charge is 0.359 e. The van der Waals surface area contributed by atoms with Crippen LogP contribution in [0.3, 0.4) is 0 Å². The van der Waals surface area contributed by atoms with Gasteiger partial charge < -0.3 is 5.32 Å². The maximum absolute atomic E-state index is 5.62. The molecule has 1 aliphatic rings. The molecule has 0 atom stereocenters. The van der Waals surface area contributed by atoms with Gasteiger partial charge in [0.15, 0.2) is 5.13 Å².